The first-order chi connectivity index (χ1) is 9.99. The molecule has 0 spiro atoms. The summed E-state index contributed by atoms with van der Waals surface area (Å²) in [4.78, 5) is 26.9. The van der Waals surface area contributed by atoms with Gasteiger partial charge in [-0.1, -0.05) is 13.8 Å². The molecule has 1 N–H and O–H groups in total. The summed E-state index contributed by atoms with van der Waals surface area (Å²) in [5.74, 6) is -1.42. The molecule has 0 aliphatic carbocycles. The Morgan fingerprint density at radius 1 is 1.43 bits per heavy atom. The molecule has 0 aromatic heterocycles. The number of carboxylic acid groups (broad SMARTS) is 1. The zero-order valence-electron chi connectivity index (χ0n) is 13.4. The number of likely N-dealkylation sites (tertiary alicyclic amines) is 1. The van der Waals surface area contributed by atoms with Gasteiger partial charge in [-0.2, -0.15) is 0 Å². The van der Waals surface area contributed by atoms with E-state index in [4.69, 9.17) is 9.84 Å². The summed E-state index contributed by atoms with van der Waals surface area (Å²) >= 11 is 0. The molecule has 0 radical (unpaired) electrons. The maximum atomic E-state index is 12.5. The first-order valence-corrected chi connectivity index (χ1v) is 7.87. The van der Waals surface area contributed by atoms with Crippen molar-refractivity contribution < 1.29 is 19.4 Å². The van der Waals surface area contributed by atoms with Crippen LogP contribution in [0.3, 0.4) is 0 Å². The Hall–Kier alpha value is -1.30. The molecule has 6 heteroatoms. The number of rotatable bonds is 7. The highest BCUT2D eigenvalue weighted by molar-refractivity contribution is 5.76. The van der Waals surface area contributed by atoms with Crippen molar-refractivity contribution in [3.8, 4) is 0 Å². The van der Waals surface area contributed by atoms with Gasteiger partial charge in [-0.05, 0) is 26.2 Å². The van der Waals surface area contributed by atoms with Gasteiger partial charge in [0.15, 0.2) is 0 Å². The third kappa shape index (κ3) is 5.53. The van der Waals surface area contributed by atoms with Crippen molar-refractivity contribution >= 4 is 12.0 Å². The highest BCUT2D eigenvalue weighted by atomic mass is 16.5. The number of carboxylic acids is 1. The Kier molecular flexibility index (Phi) is 7.50. The number of piperidine rings is 1. The molecule has 21 heavy (non-hydrogen) atoms. The van der Waals surface area contributed by atoms with Gasteiger partial charge in [-0.3, -0.25) is 4.79 Å². The van der Waals surface area contributed by atoms with Gasteiger partial charge in [-0.25, -0.2) is 4.79 Å². The van der Waals surface area contributed by atoms with Gasteiger partial charge in [0, 0.05) is 32.8 Å². The third-order valence-corrected chi connectivity index (χ3v) is 3.77. The maximum Gasteiger partial charge on any atom is 0.320 e. The van der Waals surface area contributed by atoms with Gasteiger partial charge in [0.25, 0.3) is 0 Å². The molecule has 6 nitrogen and oxygen atoms in total. The van der Waals surface area contributed by atoms with Gasteiger partial charge < -0.3 is 19.6 Å². The third-order valence-electron chi connectivity index (χ3n) is 3.77. The van der Waals surface area contributed by atoms with E-state index in [0.29, 0.717) is 13.1 Å². The lowest BCUT2D eigenvalue weighted by Crippen LogP contribution is -2.50. The van der Waals surface area contributed by atoms with Crippen LogP contribution in [0.1, 0.15) is 40.0 Å². The molecule has 1 saturated heterocycles. The predicted octanol–water partition coefficient (Wildman–Crippen LogP) is 2.04. The van der Waals surface area contributed by atoms with Gasteiger partial charge in [0.2, 0.25) is 0 Å². The van der Waals surface area contributed by atoms with Crippen molar-refractivity contribution in [3.63, 3.8) is 0 Å². The molecule has 0 bridgehead atoms. The summed E-state index contributed by atoms with van der Waals surface area (Å²) in [5.41, 5.74) is 0. The zero-order chi connectivity index (χ0) is 15.8. The molecule has 1 heterocycles. The number of urea groups is 1. The second kappa shape index (κ2) is 8.87. The van der Waals surface area contributed by atoms with E-state index in [0.717, 1.165) is 32.4 Å². The Morgan fingerprint density at radius 2 is 2.14 bits per heavy atom. The number of ether oxygens (including phenoxy) is 1. The fourth-order valence-corrected chi connectivity index (χ4v) is 2.48. The van der Waals surface area contributed by atoms with Crippen LogP contribution in [0.4, 0.5) is 4.79 Å². The van der Waals surface area contributed by atoms with Crippen LogP contribution in [0, 0.1) is 5.92 Å². The summed E-state index contributed by atoms with van der Waals surface area (Å²) in [7, 11) is 0. The smallest absolute Gasteiger partial charge is 0.320 e. The predicted molar refractivity (Wildman–Crippen MR) is 80.3 cm³/mol. The van der Waals surface area contributed by atoms with Crippen molar-refractivity contribution in [2.45, 2.75) is 46.1 Å². The molecule has 1 fully saturated rings. The van der Waals surface area contributed by atoms with Crippen LogP contribution < -0.4 is 0 Å². The molecule has 0 aromatic carbocycles. The van der Waals surface area contributed by atoms with Crippen LogP contribution in [0.25, 0.3) is 0 Å². The number of hydrogen-bond acceptors (Lipinski definition) is 3. The molecule has 2 amide bonds. The number of nitrogens with zero attached hydrogens (tertiary/aromatic N) is 2. The zero-order valence-corrected chi connectivity index (χ0v) is 13.4. The van der Waals surface area contributed by atoms with Crippen molar-refractivity contribution in [1.82, 2.24) is 9.80 Å². The highest BCUT2D eigenvalue weighted by Gasteiger charge is 2.28. The summed E-state index contributed by atoms with van der Waals surface area (Å²) in [6.07, 6.45) is 3.01. The van der Waals surface area contributed by atoms with Gasteiger partial charge in [0.05, 0.1) is 12.0 Å². The average Bonchev–Trinajstić information content (AvgIpc) is 2.49. The molecule has 2 atom stereocenters. The monoisotopic (exact) mass is 300 g/mol. The SMILES string of the molecule is CCCOC1CCCN(C(=O)N(CC)CC(C)C(=O)O)C1. The number of aliphatic carboxylic acids is 1. The van der Waals surface area contributed by atoms with Crippen molar-refractivity contribution in [3.05, 3.63) is 0 Å². The first-order valence-electron chi connectivity index (χ1n) is 7.87. The van der Waals surface area contributed by atoms with Crippen LogP contribution in [-0.4, -0.2) is 65.8 Å². The quantitative estimate of drug-likeness (QED) is 0.781. The van der Waals surface area contributed by atoms with Crippen LogP contribution >= 0.6 is 0 Å². The molecular weight excluding hydrogens is 272 g/mol. The average molecular weight is 300 g/mol. The summed E-state index contributed by atoms with van der Waals surface area (Å²) in [6, 6.07) is -0.0737. The number of hydrogen-bond donors (Lipinski definition) is 1. The summed E-state index contributed by atoms with van der Waals surface area (Å²) in [5, 5.41) is 8.99. The van der Waals surface area contributed by atoms with Gasteiger partial charge in [-0.15, -0.1) is 0 Å². The molecule has 0 saturated carbocycles. The molecule has 1 aliphatic rings. The fourth-order valence-electron chi connectivity index (χ4n) is 2.48. The van der Waals surface area contributed by atoms with E-state index in [-0.39, 0.29) is 18.7 Å². The van der Waals surface area contributed by atoms with E-state index in [1.807, 2.05) is 6.92 Å². The molecule has 0 aromatic rings. The van der Waals surface area contributed by atoms with Gasteiger partial charge in [0.1, 0.15) is 0 Å². The topological polar surface area (TPSA) is 70.1 Å². The summed E-state index contributed by atoms with van der Waals surface area (Å²) < 4.78 is 5.74. The number of amides is 2. The largest absolute Gasteiger partial charge is 0.481 e. The first kappa shape index (κ1) is 17.8. The minimum atomic E-state index is -0.871. The van der Waals surface area contributed by atoms with E-state index < -0.39 is 11.9 Å². The Morgan fingerprint density at radius 3 is 2.71 bits per heavy atom. The summed E-state index contributed by atoms with van der Waals surface area (Å²) in [6.45, 7) is 8.40. The molecule has 1 aliphatic heterocycles. The number of carbonyl (C=O) groups is 2. The van der Waals surface area contributed by atoms with E-state index in [2.05, 4.69) is 6.92 Å². The molecule has 1 rings (SSSR count). The maximum absolute atomic E-state index is 12.5. The van der Waals surface area contributed by atoms with E-state index in [1.54, 1.807) is 16.7 Å². The Balaban J connectivity index is 2.56. The van der Waals surface area contributed by atoms with E-state index in [9.17, 15) is 9.59 Å². The molecule has 2 unspecified atom stereocenters. The second-order valence-electron chi connectivity index (χ2n) is 5.64. The fraction of sp³-hybridized carbons (Fsp3) is 0.867. The van der Waals surface area contributed by atoms with E-state index in [1.165, 1.54) is 0 Å². The van der Waals surface area contributed by atoms with E-state index >= 15 is 0 Å². The van der Waals surface area contributed by atoms with Crippen molar-refractivity contribution in [2.75, 3.05) is 32.8 Å². The van der Waals surface area contributed by atoms with Crippen LogP contribution in [0.5, 0.6) is 0 Å². The highest BCUT2D eigenvalue weighted by Crippen LogP contribution is 2.16. The molecule has 122 valence electrons. The lowest BCUT2D eigenvalue weighted by atomic mass is 10.1. The standard InChI is InChI=1S/C15H28N2O4/c1-4-9-21-13-7-6-8-17(11-13)15(20)16(5-2)10-12(3)14(18)19/h12-13H,4-11H2,1-3H3,(H,18,19). The minimum Gasteiger partial charge on any atom is -0.481 e. The normalized spacial score (nSPS) is 20.1. The number of carbonyl (C=O) groups excluding carboxylic acids is 1. The van der Waals surface area contributed by atoms with Crippen molar-refractivity contribution in [2.24, 2.45) is 5.92 Å². The van der Waals surface area contributed by atoms with Gasteiger partial charge >= 0.3 is 12.0 Å². The Labute approximate surface area is 127 Å². The van der Waals surface area contributed by atoms with Crippen LogP contribution in [0.2, 0.25) is 0 Å². The minimum absolute atomic E-state index is 0.0737. The van der Waals surface area contributed by atoms with Crippen LogP contribution in [0.15, 0.2) is 0 Å². The Bertz CT molecular complexity index is 349. The lowest BCUT2D eigenvalue weighted by Gasteiger charge is -2.36. The van der Waals surface area contributed by atoms with Crippen molar-refractivity contribution in [1.29, 1.82) is 0 Å². The van der Waals surface area contributed by atoms with Crippen LogP contribution in [-0.2, 0) is 9.53 Å². The second-order valence-corrected chi connectivity index (χ2v) is 5.64. The lowest BCUT2D eigenvalue weighted by molar-refractivity contribution is -0.141. The molecular formula is C15H28N2O4.